The van der Waals surface area contributed by atoms with Gasteiger partial charge in [0.1, 0.15) is 0 Å². The van der Waals surface area contributed by atoms with Crippen LogP contribution in [0.4, 0.5) is 0 Å². The zero-order valence-corrected chi connectivity index (χ0v) is 12.0. The maximum atomic E-state index is 12.1. The van der Waals surface area contributed by atoms with Crippen molar-refractivity contribution in [1.29, 1.82) is 0 Å². The Morgan fingerprint density at radius 3 is 2.89 bits per heavy atom. The van der Waals surface area contributed by atoms with E-state index in [1.165, 1.54) is 12.1 Å². The third-order valence-corrected chi connectivity index (χ3v) is 4.92. The molecule has 1 unspecified atom stereocenters. The molecular weight excluding hydrogens is 288 g/mol. The highest BCUT2D eigenvalue weighted by Crippen LogP contribution is 2.20. The van der Waals surface area contributed by atoms with E-state index in [-0.39, 0.29) is 17.4 Å². The van der Waals surface area contributed by atoms with Crippen LogP contribution in [0.3, 0.4) is 0 Å². The van der Waals surface area contributed by atoms with E-state index in [0.29, 0.717) is 30.3 Å². The highest BCUT2D eigenvalue weighted by Gasteiger charge is 2.20. The summed E-state index contributed by atoms with van der Waals surface area (Å²) in [4.78, 5) is 0.191. The SMILES string of the molecule is NCc1cc(S(=O)(=O)NCC2CCOC2)ccc1Cl. The topological polar surface area (TPSA) is 81.4 Å². The quantitative estimate of drug-likeness (QED) is 0.854. The van der Waals surface area contributed by atoms with Gasteiger partial charge in [-0.1, -0.05) is 11.6 Å². The van der Waals surface area contributed by atoms with Crippen LogP contribution in [0.2, 0.25) is 5.02 Å². The molecule has 0 bridgehead atoms. The summed E-state index contributed by atoms with van der Waals surface area (Å²) in [7, 11) is -3.52. The molecule has 0 radical (unpaired) electrons. The molecule has 1 fully saturated rings. The summed E-state index contributed by atoms with van der Waals surface area (Å²) in [6, 6.07) is 4.54. The van der Waals surface area contributed by atoms with Gasteiger partial charge in [0.05, 0.1) is 11.5 Å². The first-order valence-corrected chi connectivity index (χ1v) is 7.95. The summed E-state index contributed by atoms with van der Waals surface area (Å²) >= 11 is 5.92. The Morgan fingerprint density at radius 2 is 2.26 bits per heavy atom. The molecule has 7 heteroatoms. The van der Waals surface area contributed by atoms with Gasteiger partial charge >= 0.3 is 0 Å². The number of halogens is 1. The molecule has 0 aliphatic carbocycles. The number of hydrogen-bond acceptors (Lipinski definition) is 4. The van der Waals surface area contributed by atoms with Gasteiger partial charge in [-0.25, -0.2) is 13.1 Å². The fourth-order valence-corrected chi connectivity index (χ4v) is 3.29. The molecule has 1 aliphatic heterocycles. The van der Waals surface area contributed by atoms with Crippen molar-refractivity contribution in [3.63, 3.8) is 0 Å². The zero-order chi connectivity index (χ0) is 13.9. The number of benzene rings is 1. The maximum absolute atomic E-state index is 12.1. The largest absolute Gasteiger partial charge is 0.381 e. The highest BCUT2D eigenvalue weighted by molar-refractivity contribution is 7.89. The summed E-state index contributed by atoms with van der Waals surface area (Å²) in [6.07, 6.45) is 0.886. The molecule has 106 valence electrons. The number of nitrogens with two attached hydrogens (primary N) is 1. The third kappa shape index (κ3) is 3.67. The summed E-state index contributed by atoms with van der Waals surface area (Å²) in [5.74, 6) is 0.246. The van der Waals surface area contributed by atoms with Gasteiger partial charge in [0.2, 0.25) is 10.0 Å². The first kappa shape index (κ1) is 14.7. The first-order chi connectivity index (χ1) is 9.03. The minimum atomic E-state index is -3.52. The van der Waals surface area contributed by atoms with Crippen molar-refractivity contribution in [3.8, 4) is 0 Å². The molecular formula is C12H17ClN2O3S. The molecule has 1 aromatic carbocycles. The lowest BCUT2D eigenvalue weighted by atomic mass is 10.1. The molecule has 5 nitrogen and oxygen atoms in total. The second-order valence-corrected chi connectivity index (χ2v) is 6.71. The maximum Gasteiger partial charge on any atom is 0.240 e. The van der Waals surface area contributed by atoms with Crippen molar-refractivity contribution in [3.05, 3.63) is 28.8 Å². The second kappa shape index (κ2) is 6.19. The smallest absolute Gasteiger partial charge is 0.240 e. The van der Waals surface area contributed by atoms with Gasteiger partial charge < -0.3 is 10.5 Å². The van der Waals surface area contributed by atoms with Crippen LogP contribution in [0.25, 0.3) is 0 Å². The number of rotatable bonds is 5. The summed E-state index contributed by atoms with van der Waals surface area (Å²) in [6.45, 7) is 1.91. The number of sulfonamides is 1. The Labute approximate surface area is 118 Å². The van der Waals surface area contributed by atoms with E-state index >= 15 is 0 Å². The molecule has 1 heterocycles. The van der Waals surface area contributed by atoms with E-state index in [9.17, 15) is 8.42 Å². The van der Waals surface area contributed by atoms with Gasteiger partial charge in [-0.05, 0) is 36.1 Å². The van der Waals surface area contributed by atoms with Crippen LogP contribution < -0.4 is 10.5 Å². The Hall–Kier alpha value is -0.660. The van der Waals surface area contributed by atoms with Crippen LogP contribution in [-0.2, 0) is 21.3 Å². The first-order valence-electron chi connectivity index (χ1n) is 6.09. The highest BCUT2D eigenvalue weighted by atomic mass is 35.5. The van der Waals surface area contributed by atoms with E-state index in [2.05, 4.69) is 4.72 Å². The van der Waals surface area contributed by atoms with Gasteiger partial charge in [0.15, 0.2) is 0 Å². The third-order valence-electron chi connectivity index (χ3n) is 3.13. The summed E-state index contributed by atoms with van der Waals surface area (Å²) in [5, 5.41) is 0.477. The van der Waals surface area contributed by atoms with Gasteiger partial charge in [0, 0.05) is 24.7 Å². The molecule has 1 saturated heterocycles. The van der Waals surface area contributed by atoms with Crippen molar-refractivity contribution in [1.82, 2.24) is 4.72 Å². The zero-order valence-electron chi connectivity index (χ0n) is 10.4. The molecule has 0 amide bonds. The van der Waals surface area contributed by atoms with Gasteiger partial charge in [-0.15, -0.1) is 0 Å². The van der Waals surface area contributed by atoms with Crippen LogP contribution in [0, 0.1) is 5.92 Å². The van der Waals surface area contributed by atoms with Gasteiger partial charge in [0.25, 0.3) is 0 Å². The van der Waals surface area contributed by atoms with Crippen molar-refractivity contribution < 1.29 is 13.2 Å². The van der Waals surface area contributed by atoms with E-state index in [1.807, 2.05) is 0 Å². The fourth-order valence-electron chi connectivity index (χ4n) is 1.93. The molecule has 0 spiro atoms. The van der Waals surface area contributed by atoms with Gasteiger partial charge in [-0.2, -0.15) is 0 Å². The van der Waals surface area contributed by atoms with Crippen molar-refractivity contribution in [2.24, 2.45) is 11.7 Å². The second-order valence-electron chi connectivity index (χ2n) is 4.54. The van der Waals surface area contributed by atoms with Gasteiger partial charge in [-0.3, -0.25) is 0 Å². The van der Waals surface area contributed by atoms with E-state index in [4.69, 9.17) is 22.1 Å². The monoisotopic (exact) mass is 304 g/mol. The Bertz CT molecular complexity index is 542. The van der Waals surface area contributed by atoms with Crippen LogP contribution in [0.15, 0.2) is 23.1 Å². The lowest BCUT2D eigenvalue weighted by Crippen LogP contribution is -2.29. The number of hydrogen-bond donors (Lipinski definition) is 2. The molecule has 19 heavy (non-hydrogen) atoms. The molecule has 1 aliphatic rings. The Morgan fingerprint density at radius 1 is 1.47 bits per heavy atom. The van der Waals surface area contributed by atoms with Crippen LogP contribution in [0.5, 0.6) is 0 Å². The van der Waals surface area contributed by atoms with Crippen LogP contribution in [-0.4, -0.2) is 28.2 Å². The Kier molecular flexibility index (Phi) is 4.81. The molecule has 1 aromatic rings. The fraction of sp³-hybridized carbons (Fsp3) is 0.500. The lowest BCUT2D eigenvalue weighted by molar-refractivity contribution is 0.186. The molecule has 0 aromatic heterocycles. The minimum Gasteiger partial charge on any atom is -0.381 e. The average molecular weight is 305 g/mol. The normalized spacial score (nSPS) is 19.8. The predicted octanol–water partition coefficient (Wildman–Crippen LogP) is 1.11. The van der Waals surface area contributed by atoms with E-state index < -0.39 is 10.0 Å². The van der Waals surface area contributed by atoms with E-state index in [1.54, 1.807) is 6.07 Å². The lowest BCUT2D eigenvalue weighted by Gasteiger charge is -2.11. The summed E-state index contributed by atoms with van der Waals surface area (Å²) in [5.41, 5.74) is 6.14. The van der Waals surface area contributed by atoms with Crippen molar-refractivity contribution >= 4 is 21.6 Å². The predicted molar refractivity (Wildman–Crippen MR) is 73.5 cm³/mol. The van der Waals surface area contributed by atoms with Crippen LogP contribution in [0.1, 0.15) is 12.0 Å². The number of nitrogens with one attached hydrogen (secondary N) is 1. The Balaban J connectivity index is 2.10. The minimum absolute atomic E-state index is 0.191. The summed E-state index contributed by atoms with van der Waals surface area (Å²) < 4.78 is 32.1. The van der Waals surface area contributed by atoms with Crippen molar-refractivity contribution in [2.75, 3.05) is 19.8 Å². The standard InChI is InChI=1S/C12H17ClN2O3S/c13-12-2-1-11(5-10(12)6-14)19(16,17)15-7-9-3-4-18-8-9/h1-2,5,9,15H,3-4,6-8,14H2. The number of ether oxygens (including phenoxy) is 1. The van der Waals surface area contributed by atoms with Crippen LogP contribution >= 0.6 is 11.6 Å². The van der Waals surface area contributed by atoms with Crippen molar-refractivity contribution in [2.45, 2.75) is 17.9 Å². The molecule has 0 saturated carbocycles. The molecule has 3 N–H and O–H groups in total. The molecule has 2 rings (SSSR count). The molecule has 1 atom stereocenters. The average Bonchev–Trinajstić information content (AvgIpc) is 2.90. The van der Waals surface area contributed by atoms with E-state index in [0.717, 1.165) is 6.42 Å².